The number of rotatable bonds is 1. The van der Waals surface area contributed by atoms with Gasteiger partial charge >= 0.3 is 0 Å². The van der Waals surface area contributed by atoms with E-state index in [9.17, 15) is 0 Å². The number of aromatic amines is 1. The first kappa shape index (κ1) is 12.3. The van der Waals surface area contributed by atoms with E-state index in [4.69, 9.17) is 0 Å². The number of hydrogen-bond donors (Lipinski definition) is 1. The highest BCUT2D eigenvalue weighted by atomic mass is 15.2. The van der Waals surface area contributed by atoms with Gasteiger partial charge in [0.15, 0.2) is 5.65 Å². The zero-order valence-electron chi connectivity index (χ0n) is 12.2. The van der Waals surface area contributed by atoms with Crippen LogP contribution in [0.15, 0.2) is 36.8 Å². The number of H-pyrrole nitrogens is 1. The Labute approximate surface area is 123 Å². The lowest BCUT2D eigenvalue weighted by atomic mass is 9.78. The predicted molar refractivity (Wildman–Crippen MR) is 82.2 cm³/mol. The number of nitrogens with zero attached hydrogens (tertiary/aromatic N) is 4. The van der Waals surface area contributed by atoms with Gasteiger partial charge in [-0.2, -0.15) is 5.10 Å². The van der Waals surface area contributed by atoms with Gasteiger partial charge in [-0.1, -0.05) is 38.1 Å². The molecule has 21 heavy (non-hydrogen) atoms. The lowest BCUT2D eigenvalue weighted by Gasteiger charge is -2.40. The van der Waals surface area contributed by atoms with Crippen LogP contribution in [0.4, 0.5) is 5.82 Å². The second kappa shape index (κ2) is 4.28. The predicted octanol–water partition coefficient (Wildman–Crippen LogP) is 2.65. The third-order valence-corrected chi connectivity index (χ3v) is 4.22. The lowest BCUT2D eigenvalue weighted by Crippen LogP contribution is -2.42. The maximum atomic E-state index is 4.50. The summed E-state index contributed by atoms with van der Waals surface area (Å²) in [4.78, 5) is 11.0. The molecular weight excluding hydrogens is 262 g/mol. The molecule has 0 unspecified atom stereocenters. The molecule has 106 valence electrons. The van der Waals surface area contributed by atoms with Crippen LogP contribution in [0.5, 0.6) is 0 Å². The van der Waals surface area contributed by atoms with E-state index in [0.717, 1.165) is 29.9 Å². The molecule has 3 heterocycles. The fraction of sp³-hybridized carbons (Fsp3) is 0.312. The van der Waals surface area contributed by atoms with Crippen LogP contribution in [-0.4, -0.2) is 26.7 Å². The third-order valence-electron chi connectivity index (χ3n) is 4.22. The van der Waals surface area contributed by atoms with E-state index in [1.165, 1.54) is 11.1 Å². The molecule has 0 saturated heterocycles. The first-order valence-corrected chi connectivity index (χ1v) is 7.12. The topological polar surface area (TPSA) is 57.7 Å². The monoisotopic (exact) mass is 279 g/mol. The molecule has 1 aliphatic rings. The smallest absolute Gasteiger partial charge is 0.160 e. The van der Waals surface area contributed by atoms with E-state index in [0.29, 0.717) is 0 Å². The number of anilines is 1. The van der Waals surface area contributed by atoms with Crippen molar-refractivity contribution < 1.29 is 0 Å². The molecule has 2 aromatic heterocycles. The average molecular weight is 279 g/mol. The maximum Gasteiger partial charge on any atom is 0.160 e. The molecule has 0 atom stereocenters. The number of aromatic nitrogens is 4. The van der Waals surface area contributed by atoms with Gasteiger partial charge in [0.25, 0.3) is 0 Å². The van der Waals surface area contributed by atoms with E-state index < -0.39 is 0 Å². The summed E-state index contributed by atoms with van der Waals surface area (Å²) in [6.45, 7) is 6.37. The van der Waals surface area contributed by atoms with Crippen molar-refractivity contribution in [1.29, 1.82) is 0 Å². The molecule has 1 aromatic carbocycles. The second-order valence-electron chi connectivity index (χ2n) is 6.23. The van der Waals surface area contributed by atoms with Crippen molar-refractivity contribution in [1.82, 2.24) is 20.2 Å². The summed E-state index contributed by atoms with van der Waals surface area (Å²) >= 11 is 0. The number of fused-ring (bicyclic) bond motifs is 2. The fourth-order valence-electron chi connectivity index (χ4n) is 3.30. The van der Waals surface area contributed by atoms with Gasteiger partial charge in [-0.15, -0.1) is 0 Å². The Hall–Kier alpha value is -2.43. The molecule has 1 aliphatic heterocycles. The minimum absolute atomic E-state index is 0.0931. The van der Waals surface area contributed by atoms with Gasteiger partial charge in [-0.05, 0) is 11.1 Å². The van der Waals surface area contributed by atoms with Gasteiger partial charge in [0, 0.05) is 18.5 Å². The molecule has 0 fully saturated rings. The van der Waals surface area contributed by atoms with Crippen molar-refractivity contribution >= 4 is 16.9 Å². The Morgan fingerprint density at radius 1 is 1.19 bits per heavy atom. The van der Waals surface area contributed by atoms with Crippen LogP contribution in [0.25, 0.3) is 11.0 Å². The summed E-state index contributed by atoms with van der Waals surface area (Å²) in [7, 11) is 0. The molecule has 0 saturated carbocycles. The molecule has 3 aromatic rings. The van der Waals surface area contributed by atoms with Crippen molar-refractivity contribution in [2.45, 2.75) is 25.8 Å². The van der Waals surface area contributed by atoms with E-state index >= 15 is 0 Å². The molecule has 0 bridgehead atoms. The summed E-state index contributed by atoms with van der Waals surface area (Å²) in [5.41, 5.74) is 3.68. The molecule has 0 spiro atoms. The zero-order valence-corrected chi connectivity index (χ0v) is 12.2. The average Bonchev–Trinajstić information content (AvgIpc) is 2.95. The summed E-state index contributed by atoms with van der Waals surface area (Å²) in [5.74, 6) is 0.955. The molecule has 0 amide bonds. The first-order valence-electron chi connectivity index (χ1n) is 7.12. The van der Waals surface area contributed by atoms with Crippen molar-refractivity contribution in [2.24, 2.45) is 0 Å². The maximum absolute atomic E-state index is 4.50. The van der Waals surface area contributed by atoms with Crippen LogP contribution in [-0.2, 0) is 12.0 Å². The molecule has 5 nitrogen and oxygen atoms in total. The quantitative estimate of drug-likeness (QED) is 0.744. The SMILES string of the molecule is CC1(C)CN(c2ncnc3[nH]ncc23)Cc2ccccc21. The summed E-state index contributed by atoms with van der Waals surface area (Å²) in [6, 6.07) is 8.66. The Bertz CT molecular complexity index is 805. The Kier molecular flexibility index (Phi) is 2.51. The zero-order chi connectivity index (χ0) is 14.4. The van der Waals surface area contributed by atoms with E-state index in [1.54, 1.807) is 12.5 Å². The van der Waals surface area contributed by atoms with Gasteiger partial charge in [0.05, 0.1) is 11.6 Å². The molecule has 1 N–H and O–H groups in total. The Morgan fingerprint density at radius 3 is 2.95 bits per heavy atom. The van der Waals surface area contributed by atoms with Gasteiger partial charge < -0.3 is 4.90 Å². The summed E-state index contributed by atoms with van der Waals surface area (Å²) in [5, 5.41) is 7.97. The van der Waals surface area contributed by atoms with E-state index in [2.05, 4.69) is 63.2 Å². The number of hydrogen-bond acceptors (Lipinski definition) is 4. The number of nitrogens with one attached hydrogen (secondary N) is 1. The molecule has 4 rings (SSSR count). The normalized spacial score (nSPS) is 17.0. The molecule has 0 radical (unpaired) electrons. The van der Waals surface area contributed by atoms with Gasteiger partial charge in [-0.25, -0.2) is 9.97 Å². The summed E-state index contributed by atoms with van der Waals surface area (Å²) in [6.07, 6.45) is 3.40. The fourth-order valence-corrected chi connectivity index (χ4v) is 3.30. The Morgan fingerprint density at radius 2 is 2.05 bits per heavy atom. The largest absolute Gasteiger partial charge is 0.351 e. The highest BCUT2D eigenvalue weighted by Gasteiger charge is 2.32. The molecule has 0 aliphatic carbocycles. The van der Waals surface area contributed by atoms with Crippen LogP contribution in [0.1, 0.15) is 25.0 Å². The van der Waals surface area contributed by atoms with E-state index in [1.807, 2.05) is 0 Å². The van der Waals surface area contributed by atoms with Gasteiger partial charge in [0.2, 0.25) is 0 Å². The third kappa shape index (κ3) is 1.88. The van der Waals surface area contributed by atoms with E-state index in [-0.39, 0.29) is 5.41 Å². The van der Waals surface area contributed by atoms with Gasteiger partial charge in [-0.3, -0.25) is 5.10 Å². The van der Waals surface area contributed by atoms with Gasteiger partial charge in [0.1, 0.15) is 12.1 Å². The van der Waals surface area contributed by atoms with Crippen LogP contribution in [0, 0.1) is 0 Å². The minimum Gasteiger partial charge on any atom is -0.351 e. The summed E-state index contributed by atoms with van der Waals surface area (Å²) < 4.78 is 0. The van der Waals surface area contributed by atoms with Crippen LogP contribution >= 0.6 is 0 Å². The minimum atomic E-state index is 0.0931. The van der Waals surface area contributed by atoms with Crippen LogP contribution in [0.2, 0.25) is 0 Å². The van der Waals surface area contributed by atoms with Crippen LogP contribution < -0.4 is 4.90 Å². The Balaban J connectivity index is 1.83. The second-order valence-corrected chi connectivity index (χ2v) is 6.23. The molecular formula is C16H17N5. The standard InChI is InChI=1S/C16H17N5/c1-16(2)9-21(8-11-5-3-4-6-13(11)16)15-12-7-19-20-14(12)17-10-18-15/h3-7,10H,8-9H2,1-2H3,(H,17,18,19,20). The first-order chi connectivity index (χ1) is 10.1. The van der Waals surface area contributed by atoms with Crippen LogP contribution in [0.3, 0.4) is 0 Å². The van der Waals surface area contributed by atoms with Crippen molar-refractivity contribution in [3.05, 3.63) is 47.9 Å². The highest BCUT2D eigenvalue weighted by Crippen LogP contribution is 2.36. The van der Waals surface area contributed by atoms with Crippen molar-refractivity contribution in [3.8, 4) is 0 Å². The van der Waals surface area contributed by atoms with Crippen molar-refractivity contribution in [3.63, 3.8) is 0 Å². The lowest BCUT2D eigenvalue weighted by molar-refractivity contribution is 0.475. The highest BCUT2D eigenvalue weighted by molar-refractivity contribution is 5.86. The number of benzene rings is 1. The van der Waals surface area contributed by atoms with Crippen molar-refractivity contribution in [2.75, 3.05) is 11.4 Å². The molecule has 5 heteroatoms.